The van der Waals surface area contributed by atoms with Gasteiger partial charge in [0.15, 0.2) is 5.96 Å². The van der Waals surface area contributed by atoms with E-state index in [9.17, 15) is 22.0 Å². The van der Waals surface area contributed by atoms with Gasteiger partial charge in [0.2, 0.25) is 0 Å². The molecule has 0 radical (unpaired) electrons. The largest absolute Gasteiger partial charge is 0.434 e. The molecule has 154 valence electrons. The van der Waals surface area contributed by atoms with Gasteiger partial charge in [0.1, 0.15) is 5.75 Å². The molecule has 0 aliphatic carbocycles. The molecule has 1 heterocycles. The molecule has 0 aromatic heterocycles. The highest BCUT2D eigenvalue weighted by Gasteiger charge is 2.34. The molecular weight excluding hydrogens is 486 g/mol. The molecule has 1 atom stereocenters. The number of hydrogen-bond acceptors (Lipinski definition) is 3. The lowest BCUT2D eigenvalue weighted by atomic mass is 10.2. The van der Waals surface area contributed by atoms with Crippen LogP contribution in [0.2, 0.25) is 0 Å². The van der Waals surface area contributed by atoms with Crippen molar-refractivity contribution in [2.75, 3.05) is 26.7 Å². The number of guanidine groups is 1. The fourth-order valence-corrected chi connectivity index (χ4v) is 2.78. The third kappa shape index (κ3) is 8.45. The maximum atomic E-state index is 12.4. The minimum Gasteiger partial charge on any atom is -0.434 e. The summed E-state index contributed by atoms with van der Waals surface area (Å²) in [5.74, 6) is 0.443. The van der Waals surface area contributed by atoms with E-state index in [4.69, 9.17) is 0 Å². The molecule has 0 amide bonds. The lowest BCUT2D eigenvalue weighted by Crippen LogP contribution is -2.44. The first-order chi connectivity index (χ1) is 12.3. The van der Waals surface area contributed by atoms with Crippen LogP contribution < -0.4 is 15.4 Å². The second kappa shape index (κ2) is 10.8. The van der Waals surface area contributed by atoms with Crippen molar-refractivity contribution in [2.45, 2.75) is 31.8 Å². The molecule has 2 rings (SSSR count). The molecule has 5 nitrogen and oxygen atoms in total. The summed E-state index contributed by atoms with van der Waals surface area (Å²) in [5, 5.41) is 6.02. The lowest BCUT2D eigenvalue weighted by molar-refractivity contribution is -0.143. The van der Waals surface area contributed by atoms with Crippen LogP contribution >= 0.6 is 24.0 Å². The van der Waals surface area contributed by atoms with Crippen molar-refractivity contribution in [3.63, 3.8) is 0 Å². The summed E-state index contributed by atoms with van der Waals surface area (Å²) in [6, 6.07) is 6.18. The van der Waals surface area contributed by atoms with Crippen LogP contribution in [-0.4, -0.2) is 56.4 Å². The van der Waals surface area contributed by atoms with Crippen molar-refractivity contribution in [3.05, 3.63) is 29.8 Å². The summed E-state index contributed by atoms with van der Waals surface area (Å²) < 4.78 is 66.6. The number of rotatable bonds is 6. The summed E-state index contributed by atoms with van der Waals surface area (Å²) in [7, 11) is 1.53. The zero-order valence-electron chi connectivity index (χ0n) is 14.6. The van der Waals surface area contributed by atoms with Gasteiger partial charge in [0.05, 0.1) is 6.54 Å². The van der Waals surface area contributed by atoms with Gasteiger partial charge in [-0.05, 0) is 12.5 Å². The van der Waals surface area contributed by atoms with E-state index >= 15 is 0 Å². The van der Waals surface area contributed by atoms with Crippen molar-refractivity contribution in [3.8, 4) is 5.75 Å². The van der Waals surface area contributed by atoms with E-state index in [1.165, 1.54) is 18.0 Å². The predicted molar refractivity (Wildman–Crippen MR) is 103 cm³/mol. The Bertz CT molecular complexity index is 615. The van der Waals surface area contributed by atoms with Gasteiger partial charge in [-0.25, -0.2) is 0 Å². The van der Waals surface area contributed by atoms with Gasteiger partial charge in [0, 0.05) is 38.3 Å². The number of nitrogens with one attached hydrogen (secondary N) is 2. The zero-order chi connectivity index (χ0) is 19.2. The molecule has 0 saturated carbocycles. The lowest BCUT2D eigenvalue weighted by Gasteiger charge is -2.20. The number of nitrogens with zero attached hydrogens (tertiary/aromatic N) is 2. The first-order valence-corrected chi connectivity index (χ1v) is 8.06. The smallest absolute Gasteiger partial charge is 0.401 e. The van der Waals surface area contributed by atoms with Crippen molar-refractivity contribution in [1.29, 1.82) is 0 Å². The minimum atomic E-state index is -4.22. The molecule has 1 aromatic carbocycles. The van der Waals surface area contributed by atoms with Gasteiger partial charge >= 0.3 is 12.8 Å². The number of likely N-dealkylation sites (tertiary alicyclic amines) is 1. The molecule has 0 bridgehead atoms. The maximum Gasteiger partial charge on any atom is 0.401 e. The summed E-state index contributed by atoms with van der Waals surface area (Å²) in [4.78, 5) is 5.35. The van der Waals surface area contributed by atoms with Crippen LogP contribution in [0.15, 0.2) is 29.3 Å². The van der Waals surface area contributed by atoms with Crippen LogP contribution in [0.3, 0.4) is 0 Å². The quantitative estimate of drug-likeness (QED) is 0.268. The Morgan fingerprint density at radius 1 is 1.33 bits per heavy atom. The SMILES string of the molecule is CN=C(NCc1ccccc1OC(F)F)NC1CCN(CC(F)(F)F)C1.I. The van der Waals surface area contributed by atoms with Crippen LogP contribution in [0, 0.1) is 0 Å². The van der Waals surface area contributed by atoms with Crippen LogP contribution in [0.5, 0.6) is 5.75 Å². The number of ether oxygens (including phenoxy) is 1. The molecule has 2 N–H and O–H groups in total. The molecule has 1 unspecified atom stereocenters. The number of alkyl halides is 5. The molecule has 1 fully saturated rings. The van der Waals surface area contributed by atoms with Crippen LogP contribution in [-0.2, 0) is 6.54 Å². The van der Waals surface area contributed by atoms with Crippen LogP contribution in [0.4, 0.5) is 22.0 Å². The van der Waals surface area contributed by atoms with Gasteiger partial charge in [-0.3, -0.25) is 9.89 Å². The Kier molecular flexibility index (Phi) is 9.50. The summed E-state index contributed by atoms with van der Waals surface area (Å²) in [6.07, 6.45) is -3.66. The number of benzene rings is 1. The van der Waals surface area contributed by atoms with Gasteiger partial charge < -0.3 is 15.4 Å². The van der Waals surface area contributed by atoms with E-state index in [2.05, 4.69) is 20.4 Å². The predicted octanol–water partition coefficient (Wildman–Crippen LogP) is 3.21. The minimum absolute atomic E-state index is 0. The first-order valence-electron chi connectivity index (χ1n) is 8.06. The van der Waals surface area contributed by atoms with Crippen molar-refractivity contribution < 1.29 is 26.7 Å². The van der Waals surface area contributed by atoms with E-state index in [-0.39, 0.29) is 48.9 Å². The monoisotopic (exact) mass is 508 g/mol. The topological polar surface area (TPSA) is 48.9 Å². The van der Waals surface area contributed by atoms with Crippen LogP contribution in [0.1, 0.15) is 12.0 Å². The number of para-hydroxylation sites is 1. The molecule has 27 heavy (non-hydrogen) atoms. The third-order valence-electron chi connectivity index (χ3n) is 3.87. The van der Waals surface area contributed by atoms with E-state index < -0.39 is 19.3 Å². The molecule has 1 aliphatic heterocycles. The Hall–Kier alpha value is -1.37. The normalized spacial score (nSPS) is 18.3. The fourth-order valence-electron chi connectivity index (χ4n) is 2.78. The fraction of sp³-hybridized carbons (Fsp3) is 0.562. The van der Waals surface area contributed by atoms with Crippen molar-refractivity contribution in [1.82, 2.24) is 15.5 Å². The standard InChI is InChI=1S/C16H21F5N4O.HI/c1-22-15(24-12-6-7-25(9-12)10-16(19,20)21)23-8-11-4-2-3-5-13(11)26-14(17)18;/h2-5,12,14H,6-10H2,1H3,(H2,22,23,24);1H. The Balaban J connectivity index is 0.00000364. The highest BCUT2D eigenvalue weighted by molar-refractivity contribution is 14.0. The molecular formula is C16H22F5IN4O. The second-order valence-electron chi connectivity index (χ2n) is 5.89. The van der Waals surface area contributed by atoms with Crippen LogP contribution in [0.25, 0.3) is 0 Å². The van der Waals surface area contributed by atoms with Crippen molar-refractivity contribution in [2.24, 2.45) is 4.99 Å². The van der Waals surface area contributed by atoms with E-state index in [0.717, 1.165) is 0 Å². The highest BCUT2D eigenvalue weighted by Crippen LogP contribution is 2.21. The molecule has 0 spiro atoms. The number of hydrogen-bond donors (Lipinski definition) is 2. The summed E-state index contributed by atoms with van der Waals surface area (Å²) >= 11 is 0. The number of halogens is 6. The van der Waals surface area contributed by atoms with Gasteiger partial charge in [0.25, 0.3) is 0 Å². The molecule has 1 aliphatic rings. The van der Waals surface area contributed by atoms with Gasteiger partial charge in [-0.15, -0.1) is 24.0 Å². The van der Waals surface area contributed by atoms with E-state index in [1.54, 1.807) is 18.2 Å². The molecule has 1 aromatic rings. The zero-order valence-corrected chi connectivity index (χ0v) is 16.9. The summed E-state index contributed by atoms with van der Waals surface area (Å²) in [6.45, 7) is -3.08. The molecule has 1 saturated heterocycles. The van der Waals surface area contributed by atoms with Gasteiger partial charge in [-0.2, -0.15) is 22.0 Å². The first kappa shape index (κ1) is 23.7. The average Bonchev–Trinajstić information content (AvgIpc) is 2.97. The van der Waals surface area contributed by atoms with Gasteiger partial charge in [-0.1, -0.05) is 18.2 Å². The Morgan fingerprint density at radius 3 is 2.67 bits per heavy atom. The Labute approximate surface area is 171 Å². The average molecular weight is 508 g/mol. The third-order valence-corrected chi connectivity index (χ3v) is 3.87. The molecule has 11 heteroatoms. The second-order valence-corrected chi connectivity index (χ2v) is 5.89. The maximum absolute atomic E-state index is 12.4. The Morgan fingerprint density at radius 2 is 2.04 bits per heavy atom. The van der Waals surface area contributed by atoms with Crippen molar-refractivity contribution >= 4 is 29.9 Å². The number of aliphatic imine (C=N–C) groups is 1. The summed E-state index contributed by atoms with van der Waals surface area (Å²) in [5.41, 5.74) is 0.515. The highest BCUT2D eigenvalue weighted by atomic mass is 127. The van der Waals surface area contributed by atoms with E-state index in [0.29, 0.717) is 24.5 Å². The van der Waals surface area contributed by atoms with E-state index in [1.807, 2.05) is 0 Å².